The molecule has 0 saturated carbocycles. The number of aryl methyl sites for hydroxylation is 1. The smallest absolute Gasteiger partial charge is 0.244 e. The Labute approximate surface area is 167 Å². The molecular formula is C20H22N6O3. The van der Waals surface area contributed by atoms with Crippen LogP contribution >= 0.6 is 0 Å². The highest BCUT2D eigenvalue weighted by Crippen LogP contribution is 2.22. The second-order valence-electron chi connectivity index (χ2n) is 6.90. The van der Waals surface area contributed by atoms with Crippen LogP contribution in [0.25, 0.3) is 11.3 Å². The fraction of sp³-hybridized carbons (Fsp3) is 0.350. The molecule has 0 atom stereocenters. The first-order valence-electron chi connectivity index (χ1n) is 9.59. The van der Waals surface area contributed by atoms with Gasteiger partial charge < -0.3 is 14.2 Å². The zero-order chi connectivity index (χ0) is 20.1. The predicted octanol–water partition coefficient (Wildman–Crippen LogP) is 1.24. The Morgan fingerprint density at radius 1 is 0.931 bits per heavy atom. The molecule has 1 aliphatic rings. The topological polar surface area (TPSA) is 97.4 Å². The zero-order valence-corrected chi connectivity index (χ0v) is 16.0. The molecule has 4 rings (SSSR count). The van der Waals surface area contributed by atoms with Gasteiger partial charge in [-0.1, -0.05) is 30.3 Å². The molecule has 1 saturated heterocycles. The lowest BCUT2D eigenvalue weighted by Crippen LogP contribution is -2.51. The summed E-state index contributed by atoms with van der Waals surface area (Å²) in [5.41, 5.74) is 1.02. The van der Waals surface area contributed by atoms with Crippen LogP contribution in [0, 0.1) is 0 Å². The number of furan rings is 1. The standard InChI is InChI=1S/C20H22N6O3/c27-19(9-7-17-6-8-18(29-17)16-4-2-1-3-5-16)24-10-12-25(13-11-24)20(28)14-26-15-21-22-23-26/h1-6,8,15H,7,9-14H2. The molecule has 3 aromatic rings. The average molecular weight is 394 g/mol. The summed E-state index contributed by atoms with van der Waals surface area (Å²) in [6, 6.07) is 13.7. The maximum absolute atomic E-state index is 12.5. The summed E-state index contributed by atoms with van der Waals surface area (Å²) in [6.07, 6.45) is 2.36. The van der Waals surface area contributed by atoms with Crippen LogP contribution in [0.5, 0.6) is 0 Å². The van der Waals surface area contributed by atoms with Crippen LogP contribution in [0.1, 0.15) is 12.2 Å². The second kappa shape index (κ2) is 8.68. The van der Waals surface area contributed by atoms with Gasteiger partial charge in [-0.2, -0.15) is 0 Å². The molecule has 3 heterocycles. The largest absolute Gasteiger partial charge is 0.461 e. The van der Waals surface area contributed by atoms with Crippen LogP contribution in [0.3, 0.4) is 0 Å². The lowest BCUT2D eigenvalue weighted by atomic mass is 10.2. The molecule has 0 N–H and O–H groups in total. The summed E-state index contributed by atoms with van der Waals surface area (Å²) in [5.74, 6) is 1.64. The lowest BCUT2D eigenvalue weighted by molar-refractivity contribution is -0.140. The number of amides is 2. The van der Waals surface area contributed by atoms with Gasteiger partial charge in [-0.15, -0.1) is 5.10 Å². The number of hydrogen-bond acceptors (Lipinski definition) is 6. The molecule has 0 spiro atoms. The second-order valence-corrected chi connectivity index (χ2v) is 6.90. The number of piperazine rings is 1. The maximum Gasteiger partial charge on any atom is 0.244 e. The number of aromatic nitrogens is 4. The minimum atomic E-state index is -0.0478. The van der Waals surface area contributed by atoms with E-state index in [9.17, 15) is 9.59 Å². The maximum atomic E-state index is 12.5. The van der Waals surface area contributed by atoms with Gasteiger partial charge >= 0.3 is 0 Å². The van der Waals surface area contributed by atoms with Crippen molar-refractivity contribution in [2.75, 3.05) is 26.2 Å². The fourth-order valence-corrected chi connectivity index (χ4v) is 3.35. The summed E-state index contributed by atoms with van der Waals surface area (Å²) < 4.78 is 7.26. The zero-order valence-electron chi connectivity index (χ0n) is 16.0. The van der Waals surface area contributed by atoms with E-state index < -0.39 is 0 Å². The van der Waals surface area contributed by atoms with E-state index in [1.54, 1.807) is 4.90 Å². The van der Waals surface area contributed by atoms with Gasteiger partial charge in [-0.3, -0.25) is 9.59 Å². The number of carbonyl (C=O) groups excluding carboxylic acids is 2. The molecule has 29 heavy (non-hydrogen) atoms. The molecule has 1 aromatic carbocycles. The summed E-state index contributed by atoms with van der Waals surface area (Å²) in [4.78, 5) is 28.3. The molecule has 150 valence electrons. The predicted molar refractivity (Wildman–Crippen MR) is 103 cm³/mol. The first-order valence-corrected chi connectivity index (χ1v) is 9.59. The minimum Gasteiger partial charge on any atom is -0.461 e. The van der Waals surface area contributed by atoms with Crippen molar-refractivity contribution in [1.82, 2.24) is 30.0 Å². The monoisotopic (exact) mass is 394 g/mol. The highest BCUT2D eigenvalue weighted by molar-refractivity contribution is 5.78. The van der Waals surface area contributed by atoms with Gasteiger partial charge in [-0.05, 0) is 22.6 Å². The molecule has 0 unspecified atom stereocenters. The number of hydrogen-bond donors (Lipinski definition) is 0. The van der Waals surface area contributed by atoms with Crippen LogP contribution in [0.2, 0.25) is 0 Å². The van der Waals surface area contributed by atoms with E-state index in [0.717, 1.165) is 17.1 Å². The van der Waals surface area contributed by atoms with Crippen LogP contribution in [-0.4, -0.2) is 68.0 Å². The third kappa shape index (κ3) is 4.68. The van der Waals surface area contributed by atoms with Crippen molar-refractivity contribution < 1.29 is 14.0 Å². The van der Waals surface area contributed by atoms with E-state index in [2.05, 4.69) is 15.5 Å². The normalized spacial score (nSPS) is 14.2. The van der Waals surface area contributed by atoms with Crippen molar-refractivity contribution in [3.05, 3.63) is 54.6 Å². The van der Waals surface area contributed by atoms with E-state index in [0.29, 0.717) is 39.0 Å². The van der Waals surface area contributed by atoms with Gasteiger partial charge in [0, 0.05) is 44.6 Å². The Morgan fingerprint density at radius 3 is 2.34 bits per heavy atom. The third-order valence-corrected chi connectivity index (χ3v) is 4.98. The van der Waals surface area contributed by atoms with Gasteiger partial charge in [0.1, 0.15) is 24.4 Å². The van der Waals surface area contributed by atoms with Crippen LogP contribution in [0.4, 0.5) is 0 Å². The van der Waals surface area contributed by atoms with Crippen molar-refractivity contribution in [2.45, 2.75) is 19.4 Å². The molecule has 2 aromatic heterocycles. The van der Waals surface area contributed by atoms with Crippen molar-refractivity contribution >= 4 is 11.8 Å². The number of benzene rings is 1. The summed E-state index contributed by atoms with van der Waals surface area (Å²) in [5, 5.41) is 10.7. The highest BCUT2D eigenvalue weighted by atomic mass is 16.3. The van der Waals surface area contributed by atoms with E-state index in [4.69, 9.17) is 4.42 Å². The van der Waals surface area contributed by atoms with Gasteiger partial charge in [0.05, 0.1) is 0 Å². The summed E-state index contributed by atoms with van der Waals surface area (Å²) in [7, 11) is 0. The number of nitrogens with zero attached hydrogens (tertiary/aromatic N) is 6. The van der Waals surface area contributed by atoms with Crippen LogP contribution in [0.15, 0.2) is 53.2 Å². The van der Waals surface area contributed by atoms with Gasteiger partial charge in [-0.25, -0.2) is 4.68 Å². The van der Waals surface area contributed by atoms with Crippen molar-refractivity contribution in [1.29, 1.82) is 0 Å². The van der Waals surface area contributed by atoms with Crippen molar-refractivity contribution in [2.24, 2.45) is 0 Å². The molecule has 2 amide bonds. The fourth-order valence-electron chi connectivity index (χ4n) is 3.35. The number of rotatable bonds is 6. The highest BCUT2D eigenvalue weighted by Gasteiger charge is 2.24. The number of carbonyl (C=O) groups is 2. The van der Waals surface area contributed by atoms with Gasteiger partial charge in [0.25, 0.3) is 0 Å². The summed E-state index contributed by atoms with van der Waals surface area (Å²) >= 11 is 0. The van der Waals surface area contributed by atoms with Gasteiger partial charge in [0.15, 0.2) is 0 Å². The lowest BCUT2D eigenvalue weighted by Gasteiger charge is -2.34. The van der Waals surface area contributed by atoms with Crippen molar-refractivity contribution in [3.8, 4) is 11.3 Å². The SMILES string of the molecule is O=C(CCc1ccc(-c2ccccc2)o1)N1CCN(C(=O)Cn2cnnn2)CC1. The van der Waals surface area contributed by atoms with Gasteiger partial charge in [0.2, 0.25) is 11.8 Å². The Bertz CT molecular complexity index is 946. The van der Waals surface area contributed by atoms with E-state index >= 15 is 0 Å². The van der Waals surface area contributed by atoms with E-state index in [1.165, 1.54) is 11.0 Å². The van der Waals surface area contributed by atoms with E-state index in [-0.39, 0.29) is 18.4 Å². The molecule has 9 heteroatoms. The summed E-state index contributed by atoms with van der Waals surface area (Å²) in [6.45, 7) is 2.22. The Balaban J connectivity index is 1.23. The molecule has 0 aliphatic carbocycles. The molecule has 9 nitrogen and oxygen atoms in total. The van der Waals surface area contributed by atoms with E-state index in [1.807, 2.05) is 47.4 Å². The Morgan fingerprint density at radius 2 is 1.66 bits per heavy atom. The Hall–Kier alpha value is -3.49. The third-order valence-electron chi connectivity index (χ3n) is 4.98. The first kappa shape index (κ1) is 18.9. The number of tetrazole rings is 1. The minimum absolute atomic E-state index is 0.0478. The molecule has 1 aliphatic heterocycles. The molecule has 0 radical (unpaired) electrons. The first-order chi connectivity index (χ1) is 14.2. The molecule has 0 bridgehead atoms. The van der Waals surface area contributed by atoms with Crippen molar-refractivity contribution in [3.63, 3.8) is 0 Å². The molecular weight excluding hydrogens is 372 g/mol. The average Bonchev–Trinajstić information content (AvgIpc) is 3.45. The van der Waals surface area contributed by atoms with Crippen LogP contribution in [-0.2, 0) is 22.6 Å². The Kier molecular flexibility index (Phi) is 5.64. The molecule has 1 fully saturated rings. The van der Waals surface area contributed by atoms with Crippen LogP contribution < -0.4 is 0 Å². The quantitative estimate of drug-likeness (QED) is 0.624.